The summed E-state index contributed by atoms with van der Waals surface area (Å²) < 4.78 is 39.0. The number of furan rings is 1. The number of rotatable bonds is 9. The molecule has 0 radical (unpaired) electrons. The normalized spacial score (nSPS) is 25.0. The highest BCUT2D eigenvalue weighted by Gasteiger charge is 2.62. The molecule has 2 aliphatic rings. The number of fused-ring (bicyclic) bond motifs is 2. The van der Waals surface area contributed by atoms with E-state index in [9.17, 15) is 24.3 Å². The summed E-state index contributed by atoms with van der Waals surface area (Å²) in [6.07, 6.45) is -3.30. The lowest BCUT2D eigenvalue weighted by atomic mass is 9.86. The molecule has 2 aromatic carbocycles. The minimum absolute atomic E-state index is 0.0304. The summed E-state index contributed by atoms with van der Waals surface area (Å²) in [6.45, 7) is 3.19. The maximum Gasteiger partial charge on any atom is 0.308 e. The lowest BCUT2D eigenvalue weighted by Gasteiger charge is -2.46. The van der Waals surface area contributed by atoms with Crippen LogP contribution in [0.5, 0.6) is 11.5 Å². The van der Waals surface area contributed by atoms with Crippen molar-refractivity contribution in [3.05, 3.63) is 59.9 Å². The zero-order valence-electron chi connectivity index (χ0n) is 23.2. The van der Waals surface area contributed by atoms with Gasteiger partial charge in [-0.3, -0.25) is 19.2 Å². The molecule has 2 fully saturated rings. The predicted molar refractivity (Wildman–Crippen MR) is 143 cm³/mol. The molecule has 0 amide bonds. The molecule has 222 valence electrons. The number of aryl methyl sites for hydroxylation is 1. The third-order valence-electron chi connectivity index (χ3n) is 7.03. The monoisotopic (exact) mass is 582 g/mol. The molecular weight excluding hydrogens is 552 g/mol. The molecule has 0 saturated carbocycles. The number of ether oxygens (including phenoxy) is 6. The first-order chi connectivity index (χ1) is 20.0. The van der Waals surface area contributed by atoms with Gasteiger partial charge in [-0.15, -0.1) is 0 Å². The summed E-state index contributed by atoms with van der Waals surface area (Å²) in [5.74, 6) is -2.61. The number of esters is 3. The van der Waals surface area contributed by atoms with Gasteiger partial charge in [0.25, 0.3) is 0 Å². The summed E-state index contributed by atoms with van der Waals surface area (Å²) in [5.41, 5.74) is -0.239. The second-order valence-electron chi connectivity index (χ2n) is 10.2. The van der Waals surface area contributed by atoms with Crippen LogP contribution in [0.3, 0.4) is 0 Å². The molecule has 2 saturated heterocycles. The van der Waals surface area contributed by atoms with Gasteiger partial charge in [-0.05, 0) is 42.3 Å². The highest BCUT2D eigenvalue weighted by atomic mass is 16.7. The minimum atomic E-state index is -1.82. The number of carbonyl (C=O) groups excluding carboxylic acids is 4. The average molecular weight is 583 g/mol. The molecule has 0 bridgehead atoms. The Hall–Kier alpha value is -4.26. The Bertz CT molecular complexity index is 1510. The SMILES string of the molecule is CC(=O)Oc1cccc(O[C@@H]2O[C@@H]3COC[C@]3(O)[C@H](OC(C)=O)[C@H]2OC(C)=O)c1C(=O)CCc1ccc2occc2c1. The van der Waals surface area contributed by atoms with Gasteiger partial charge in [0.1, 0.15) is 28.7 Å². The zero-order valence-corrected chi connectivity index (χ0v) is 23.2. The van der Waals surface area contributed by atoms with E-state index in [1.165, 1.54) is 25.1 Å². The molecule has 2 aliphatic heterocycles. The van der Waals surface area contributed by atoms with Gasteiger partial charge in [-0.25, -0.2) is 0 Å². The predicted octanol–water partition coefficient (Wildman–Crippen LogP) is 2.90. The molecule has 0 aliphatic carbocycles. The smallest absolute Gasteiger partial charge is 0.308 e. The fourth-order valence-corrected chi connectivity index (χ4v) is 5.21. The van der Waals surface area contributed by atoms with E-state index in [2.05, 4.69) is 0 Å². The van der Waals surface area contributed by atoms with E-state index in [4.69, 9.17) is 32.8 Å². The van der Waals surface area contributed by atoms with E-state index in [-0.39, 0.29) is 36.7 Å². The molecule has 0 unspecified atom stereocenters. The number of Topliss-reactive ketones (excluding diaryl/α,β-unsaturated/α-hetero) is 1. The molecule has 12 heteroatoms. The van der Waals surface area contributed by atoms with Crippen molar-refractivity contribution >= 4 is 34.7 Å². The number of ketones is 1. The van der Waals surface area contributed by atoms with Crippen molar-refractivity contribution in [1.82, 2.24) is 0 Å². The number of carbonyl (C=O) groups is 4. The second kappa shape index (κ2) is 11.9. The summed E-state index contributed by atoms with van der Waals surface area (Å²) in [5, 5.41) is 12.2. The molecule has 42 heavy (non-hydrogen) atoms. The van der Waals surface area contributed by atoms with Gasteiger partial charge in [0.15, 0.2) is 17.5 Å². The standard InChI is InChI=1S/C30H30O12/c1-16(31)38-23-5-4-6-24(26(23)21(34)9-7-19-8-10-22-20(13-19)11-12-37-22)41-29-27(39-17(2)32)28(40-18(3)33)30(35)15-36-14-25(30)42-29/h4-6,8,10-13,25,27-29,35H,7,9,14-15H2,1-3H3/t25-,27-,28-,29-,30-/m1/s1. The van der Waals surface area contributed by atoms with Gasteiger partial charge in [0, 0.05) is 32.6 Å². The Labute approximate surface area is 240 Å². The van der Waals surface area contributed by atoms with Crippen LogP contribution >= 0.6 is 0 Å². The fourth-order valence-electron chi connectivity index (χ4n) is 5.21. The molecule has 5 atom stereocenters. The van der Waals surface area contributed by atoms with Gasteiger partial charge in [0.05, 0.1) is 19.5 Å². The summed E-state index contributed by atoms with van der Waals surface area (Å²) >= 11 is 0. The van der Waals surface area contributed by atoms with E-state index in [0.717, 1.165) is 30.4 Å². The molecule has 1 aromatic heterocycles. The van der Waals surface area contributed by atoms with Gasteiger partial charge >= 0.3 is 17.9 Å². The number of hydrogen-bond acceptors (Lipinski definition) is 12. The Morgan fingerprint density at radius 3 is 2.48 bits per heavy atom. The summed E-state index contributed by atoms with van der Waals surface area (Å²) in [4.78, 5) is 49.6. The molecular formula is C30H30O12. The largest absolute Gasteiger partial charge is 0.464 e. The van der Waals surface area contributed by atoms with Crippen molar-refractivity contribution in [2.45, 2.75) is 63.8 Å². The highest BCUT2D eigenvalue weighted by Crippen LogP contribution is 2.40. The van der Waals surface area contributed by atoms with Crippen LogP contribution in [0.25, 0.3) is 11.0 Å². The van der Waals surface area contributed by atoms with Gasteiger partial charge in [0.2, 0.25) is 12.4 Å². The van der Waals surface area contributed by atoms with Crippen molar-refractivity contribution in [2.24, 2.45) is 0 Å². The van der Waals surface area contributed by atoms with Crippen LogP contribution in [0.1, 0.15) is 43.1 Å². The van der Waals surface area contributed by atoms with Crippen molar-refractivity contribution in [3.8, 4) is 11.5 Å². The second-order valence-corrected chi connectivity index (χ2v) is 10.2. The van der Waals surface area contributed by atoms with Crippen LogP contribution in [0.15, 0.2) is 53.1 Å². The number of benzene rings is 2. The van der Waals surface area contributed by atoms with Gasteiger partial charge in [-0.2, -0.15) is 0 Å². The molecule has 1 N–H and O–H groups in total. The number of aliphatic hydroxyl groups is 1. The van der Waals surface area contributed by atoms with Crippen LogP contribution in [0.4, 0.5) is 0 Å². The first-order valence-corrected chi connectivity index (χ1v) is 13.3. The van der Waals surface area contributed by atoms with Crippen molar-refractivity contribution in [3.63, 3.8) is 0 Å². The molecule has 0 spiro atoms. The van der Waals surface area contributed by atoms with Crippen molar-refractivity contribution < 1.29 is 57.1 Å². The highest BCUT2D eigenvalue weighted by molar-refractivity contribution is 6.02. The Morgan fingerprint density at radius 2 is 1.74 bits per heavy atom. The average Bonchev–Trinajstić information content (AvgIpc) is 3.55. The van der Waals surface area contributed by atoms with Gasteiger partial charge < -0.3 is 37.9 Å². The van der Waals surface area contributed by atoms with Gasteiger partial charge in [-0.1, -0.05) is 12.1 Å². The lowest BCUT2D eigenvalue weighted by molar-refractivity contribution is -0.300. The lowest BCUT2D eigenvalue weighted by Crippen LogP contribution is -2.68. The maximum atomic E-state index is 13.7. The van der Waals surface area contributed by atoms with Crippen molar-refractivity contribution in [2.75, 3.05) is 13.2 Å². The Balaban J connectivity index is 1.46. The van der Waals surface area contributed by atoms with E-state index >= 15 is 0 Å². The van der Waals surface area contributed by atoms with E-state index in [1.807, 2.05) is 24.3 Å². The van der Waals surface area contributed by atoms with E-state index < -0.39 is 53.9 Å². The molecule has 12 nitrogen and oxygen atoms in total. The summed E-state index contributed by atoms with van der Waals surface area (Å²) in [7, 11) is 0. The third-order valence-corrected chi connectivity index (χ3v) is 7.03. The molecule has 5 rings (SSSR count). The third kappa shape index (κ3) is 6.01. The summed E-state index contributed by atoms with van der Waals surface area (Å²) in [6, 6.07) is 11.9. The van der Waals surface area contributed by atoms with Crippen LogP contribution in [-0.2, 0) is 39.8 Å². The Kier molecular flexibility index (Phi) is 8.30. The van der Waals surface area contributed by atoms with Crippen molar-refractivity contribution in [1.29, 1.82) is 0 Å². The topological polar surface area (TPSA) is 157 Å². The van der Waals surface area contributed by atoms with E-state index in [0.29, 0.717) is 6.42 Å². The zero-order chi connectivity index (χ0) is 30.0. The first-order valence-electron chi connectivity index (χ1n) is 13.3. The Morgan fingerprint density at radius 1 is 0.976 bits per heavy atom. The van der Waals surface area contributed by atoms with Crippen LogP contribution in [0, 0.1) is 0 Å². The molecule has 3 aromatic rings. The van der Waals surface area contributed by atoms with Crippen LogP contribution in [0.2, 0.25) is 0 Å². The van der Waals surface area contributed by atoms with E-state index in [1.54, 1.807) is 6.26 Å². The van der Waals surface area contributed by atoms with Crippen LogP contribution < -0.4 is 9.47 Å². The quantitative estimate of drug-likeness (QED) is 0.224. The maximum absolute atomic E-state index is 13.7. The molecule has 3 heterocycles. The number of hydrogen-bond donors (Lipinski definition) is 1. The fraction of sp³-hybridized carbons (Fsp3) is 0.400. The van der Waals surface area contributed by atoms with Crippen LogP contribution in [-0.4, -0.2) is 72.2 Å². The minimum Gasteiger partial charge on any atom is -0.464 e. The first kappa shape index (κ1) is 29.2.